The van der Waals surface area contributed by atoms with Gasteiger partial charge in [0.05, 0.1) is 5.75 Å². The Morgan fingerprint density at radius 1 is 1.19 bits per heavy atom. The molecule has 0 radical (unpaired) electrons. The van der Waals surface area contributed by atoms with Gasteiger partial charge >= 0.3 is 0 Å². The molecule has 144 valence electrons. The summed E-state index contributed by atoms with van der Waals surface area (Å²) in [5, 5.41) is 8.67. The number of carbonyl (C=O) groups is 2. The van der Waals surface area contributed by atoms with Crippen LogP contribution in [0.1, 0.15) is 30.2 Å². The van der Waals surface area contributed by atoms with Crippen molar-refractivity contribution in [2.24, 2.45) is 0 Å². The molecule has 7 nitrogen and oxygen atoms in total. The van der Waals surface area contributed by atoms with Crippen molar-refractivity contribution < 1.29 is 14.0 Å². The maximum Gasteiger partial charge on any atom is 0.254 e. The summed E-state index contributed by atoms with van der Waals surface area (Å²) in [4.78, 5) is 28.3. The number of nitrogens with zero attached hydrogens (tertiary/aromatic N) is 5. The van der Waals surface area contributed by atoms with E-state index in [-0.39, 0.29) is 23.6 Å². The normalized spacial score (nSPS) is 14.7. The van der Waals surface area contributed by atoms with Crippen LogP contribution in [0.25, 0.3) is 0 Å². The van der Waals surface area contributed by atoms with E-state index >= 15 is 0 Å². The number of hydrogen-bond acceptors (Lipinski definition) is 5. The van der Waals surface area contributed by atoms with Crippen molar-refractivity contribution in [2.75, 3.05) is 31.9 Å². The van der Waals surface area contributed by atoms with Crippen molar-refractivity contribution in [3.05, 3.63) is 42.0 Å². The standard InChI is InChI=1S/C18H22FN5O2S/c1-13(2)24-12-20-21-18(24)27-11-16(25)22-6-8-23(9-7-22)17(26)14-4-3-5-15(19)10-14/h3-5,10,12-13H,6-9,11H2,1-2H3. The lowest BCUT2D eigenvalue weighted by Crippen LogP contribution is -2.51. The van der Waals surface area contributed by atoms with Gasteiger partial charge in [0.1, 0.15) is 12.1 Å². The molecule has 9 heteroatoms. The van der Waals surface area contributed by atoms with Crippen molar-refractivity contribution in [1.82, 2.24) is 24.6 Å². The molecule has 0 saturated carbocycles. The van der Waals surface area contributed by atoms with Gasteiger partial charge in [-0.05, 0) is 32.0 Å². The average Bonchev–Trinajstić information content (AvgIpc) is 3.14. The zero-order valence-corrected chi connectivity index (χ0v) is 16.2. The SMILES string of the molecule is CC(C)n1cnnc1SCC(=O)N1CCN(C(=O)c2cccc(F)c2)CC1. The average molecular weight is 391 g/mol. The van der Waals surface area contributed by atoms with E-state index in [2.05, 4.69) is 10.2 Å². The first-order chi connectivity index (χ1) is 13.0. The molecule has 0 aliphatic carbocycles. The number of aromatic nitrogens is 3. The lowest BCUT2D eigenvalue weighted by molar-refractivity contribution is -0.129. The van der Waals surface area contributed by atoms with E-state index in [1.807, 2.05) is 18.4 Å². The van der Waals surface area contributed by atoms with Crippen molar-refractivity contribution in [3.63, 3.8) is 0 Å². The van der Waals surface area contributed by atoms with Crippen molar-refractivity contribution >= 4 is 23.6 Å². The van der Waals surface area contributed by atoms with Crippen LogP contribution in [0.4, 0.5) is 4.39 Å². The van der Waals surface area contributed by atoms with Gasteiger partial charge in [-0.1, -0.05) is 17.8 Å². The van der Waals surface area contributed by atoms with Crippen LogP contribution in [0.5, 0.6) is 0 Å². The molecule has 0 bridgehead atoms. The molecule has 1 aliphatic heterocycles. The predicted octanol–water partition coefficient (Wildman–Crippen LogP) is 2.07. The molecular formula is C18H22FN5O2S. The van der Waals surface area contributed by atoms with Gasteiger partial charge in [-0.2, -0.15) is 0 Å². The van der Waals surface area contributed by atoms with Gasteiger partial charge in [0.25, 0.3) is 5.91 Å². The van der Waals surface area contributed by atoms with Crippen molar-refractivity contribution in [1.29, 1.82) is 0 Å². The molecule has 2 amide bonds. The summed E-state index contributed by atoms with van der Waals surface area (Å²) in [5.41, 5.74) is 0.332. The van der Waals surface area contributed by atoms with Crippen LogP contribution in [-0.4, -0.2) is 68.3 Å². The molecule has 0 spiro atoms. The van der Waals surface area contributed by atoms with E-state index in [1.54, 1.807) is 22.2 Å². The van der Waals surface area contributed by atoms with Gasteiger partial charge in [-0.25, -0.2) is 4.39 Å². The highest BCUT2D eigenvalue weighted by atomic mass is 32.2. The number of thioether (sulfide) groups is 1. The van der Waals surface area contributed by atoms with Crippen LogP contribution in [0.3, 0.4) is 0 Å². The van der Waals surface area contributed by atoms with Gasteiger partial charge in [-0.15, -0.1) is 10.2 Å². The Hall–Kier alpha value is -2.42. The van der Waals surface area contributed by atoms with Crippen LogP contribution >= 0.6 is 11.8 Å². The molecule has 2 aromatic rings. The Labute approximate surface area is 161 Å². The maximum atomic E-state index is 13.3. The summed E-state index contributed by atoms with van der Waals surface area (Å²) < 4.78 is 15.2. The molecule has 3 rings (SSSR count). The van der Waals surface area contributed by atoms with Gasteiger partial charge < -0.3 is 14.4 Å². The summed E-state index contributed by atoms with van der Waals surface area (Å²) in [6, 6.07) is 5.90. The molecule has 1 aromatic heterocycles. The zero-order valence-electron chi connectivity index (χ0n) is 15.3. The third-order valence-corrected chi connectivity index (χ3v) is 5.35. The van der Waals surface area contributed by atoms with Crippen LogP contribution < -0.4 is 0 Å². The smallest absolute Gasteiger partial charge is 0.254 e. The van der Waals surface area contributed by atoms with Crippen LogP contribution in [0.15, 0.2) is 35.7 Å². The van der Waals surface area contributed by atoms with E-state index in [0.29, 0.717) is 31.7 Å². The number of amides is 2. The van der Waals surface area contributed by atoms with E-state index in [1.165, 1.54) is 30.0 Å². The first kappa shape index (κ1) is 19.3. The van der Waals surface area contributed by atoms with E-state index in [9.17, 15) is 14.0 Å². The minimum Gasteiger partial charge on any atom is -0.338 e. The summed E-state index contributed by atoms with van der Waals surface area (Å²) >= 11 is 1.37. The van der Waals surface area contributed by atoms with E-state index < -0.39 is 5.82 Å². The zero-order chi connectivity index (χ0) is 19.4. The van der Waals surface area contributed by atoms with Gasteiger partial charge in [0.15, 0.2) is 5.16 Å². The second-order valence-electron chi connectivity index (χ2n) is 6.59. The fourth-order valence-corrected chi connectivity index (χ4v) is 3.82. The highest BCUT2D eigenvalue weighted by molar-refractivity contribution is 7.99. The van der Waals surface area contributed by atoms with Crippen LogP contribution in [-0.2, 0) is 4.79 Å². The first-order valence-corrected chi connectivity index (χ1v) is 9.79. The van der Waals surface area contributed by atoms with Crippen LogP contribution in [0, 0.1) is 5.82 Å². The van der Waals surface area contributed by atoms with E-state index in [0.717, 1.165) is 5.16 Å². The minimum atomic E-state index is -0.430. The molecule has 1 saturated heterocycles. The number of benzene rings is 1. The Balaban J connectivity index is 1.50. The third-order valence-electron chi connectivity index (χ3n) is 4.41. The molecule has 0 atom stereocenters. The van der Waals surface area contributed by atoms with Gasteiger partial charge in [0, 0.05) is 37.8 Å². The second kappa shape index (κ2) is 8.51. The molecule has 1 aromatic carbocycles. The first-order valence-electron chi connectivity index (χ1n) is 8.80. The molecule has 0 unspecified atom stereocenters. The molecule has 1 aliphatic rings. The fraction of sp³-hybridized carbons (Fsp3) is 0.444. The minimum absolute atomic E-state index is 0.0103. The summed E-state index contributed by atoms with van der Waals surface area (Å²) in [6.45, 7) is 5.88. The Morgan fingerprint density at radius 3 is 2.56 bits per heavy atom. The maximum absolute atomic E-state index is 13.3. The Morgan fingerprint density at radius 2 is 1.89 bits per heavy atom. The Kier molecular flexibility index (Phi) is 6.10. The molecule has 1 fully saturated rings. The monoisotopic (exact) mass is 391 g/mol. The molecule has 0 N–H and O–H groups in total. The van der Waals surface area contributed by atoms with E-state index in [4.69, 9.17) is 0 Å². The Bertz CT molecular complexity index is 818. The predicted molar refractivity (Wildman–Crippen MR) is 100 cm³/mol. The summed E-state index contributed by atoms with van der Waals surface area (Å²) in [6.07, 6.45) is 1.66. The number of rotatable bonds is 5. The highest BCUT2D eigenvalue weighted by Crippen LogP contribution is 2.19. The lowest BCUT2D eigenvalue weighted by Gasteiger charge is -2.34. The van der Waals surface area contributed by atoms with Crippen molar-refractivity contribution in [2.45, 2.75) is 25.0 Å². The topological polar surface area (TPSA) is 71.3 Å². The third kappa shape index (κ3) is 4.65. The second-order valence-corrected chi connectivity index (χ2v) is 7.53. The lowest BCUT2D eigenvalue weighted by atomic mass is 10.1. The largest absolute Gasteiger partial charge is 0.338 e. The highest BCUT2D eigenvalue weighted by Gasteiger charge is 2.25. The van der Waals surface area contributed by atoms with Crippen LogP contribution in [0.2, 0.25) is 0 Å². The van der Waals surface area contributed by atoms with Gasteiger partial charge in [0.2, 0.25) is 5.91 Å². The number of hydrogen-bond donors (Lipinski definition) is 0. The summed E-state index contributed by atoms with van der Waals surface area (Å²) in [5.74, 6) is -0.346. The number of halogens is 1. The fourth-order valence-electron chi connectivity index (χ4n) is 2.87. The van der Waals surface area contributed by atoms with Gasteiger partial charge in [-0.3, -0.25) is 9.59 Å². The van der Waals surface area contributed by atoms with Crippen molar-refractivity contribution in [3.8, 4) is 0 Å². The number of piperazine rings is 1. The number of carbonyl (C=O) groups excluding carboxylic acids is 2. The molecule has 2 heterocycles. The quantitative estimate of drug-likeness (QED) is 0.730. The molecule has 27 heavy (non-hydrogen) atoms. The summed E-state index contributed by atoms with van der Waals surface area (Å²) in [7, 11) is 0. The molecular weight excluding hydrogens is 369 g/mol.